The first-order chi connectivity index (χ1) is 8.55. The van der Waals surface area contributed by atoms with Crippen molar-refractivity contribution in [2.75, 3.05) is 33.2 Å². The minimum atomic E-state index is -3.17. The Bertz CT molecular complexity index is 358. The molecule has 0 aromatic rings. The summed E-state index contributed by atoms with van der Waals surface area (Å²) in [5.41, 5.74) is 0. The smallest absolute Gasteiger partial charge is 0.281 e. The zero-order valence-corrected chi connectivity index (χ0v) is 12.2. The van der Waals surface area contributed by atoms with Gasteiger partial charge in [-0.15, -0.1) is 0 Å². The van der Waals surface area contributed by atoms with Gasteiger partial charge in [0.25, 0.3) is 10.2 Å². The van der Waals surface area contributed by atoms with Gasteiger partial charge in [-0.3, -0.25) is 0 Å². The van der Waals surface area contributed by atoms with E-state index < -0.39 is 10.2 Å². The fourth-order valence-corrected chi connectivity index (χ4v) is 4.64. The maximum Gasteiger partial charge on any atom is 0.281 e. The van der Waals surface area contributed by atoms with Gasteiger partial charge in [-0.05, 0) is 45.6 Å². The molecule has 2 aliphatic heterocycles. The predicted molar refractivity (Wildman–Crippen MR) is 72.5 cm³/mol. The first kappa shape index (κ1) is 14.2. The Hall–Kier alpha value is -0.170. The summed E-state index contributed by atoms with van der Waals surface area (Å²) in [5, 5.41) is 3.26. The van der Waals surface area contributed by atoms with Crippen LogP contribution in [0.15, 0.2) is 0 Å². The zero-order valence-electron chi connectivity index (χ0n) is 11.4. The molecule has 0 amide bonds. The van der Waals surface area contributed by atoms with Gasteiger partial charge >= 0.3 is 0 Å². The molecule has 0 aromatic heterocycles. The molecule has 18 heavy (non-hydrogen) atoms. The van der Waals surface area contributed by atoms with Crippen LogP contribution in [0.5, 0.6) is 0 Å². The lowest BCUT2D eigenvalue weighted by atomic mass is 9.91. The molecule has 0 bridgehead atoms. The molecular weight excluding hydrogens is 250 g/mol. The summed E-state index contributed by atoms with van der Waals surface area (Å²) in [6.45, 7) is 4.94. The van der Waals surface area contributed by atoms with Gasteiger partial charge in [0, 0.05) is 32.2 Å². The normalized spacial score (nSPS) is 26.6. The second kappa shape index (κ2) is 5.86. The molecule has 5 nitrogen and oxygen atoms in total. The highest BCUT2D eigenvalue weighted by atomic mass is 32.2. The summed E-state index contributed by atoms with van der Waals surface area (Å²) in [5.74, 6) is 0.597. The number of piperidine rings is 1. The minimum Gasteiger partial charge on any atom is -0.317 e. The van der Waals surface area contributed by atoms with Crippen LogP contribution >= 0.6 is 0 Å². The first-order valence-corrected chi connectivity index (χ1v) is 8.38. The van der Waals surface area contributed by atoms with Crippen molar-refractivity contribution in [1.82, 2.24) is 13.9 Å². The monoisotopic (exact) mass is 275 g/mol. The second-order valence-corrected chi connectivity index (χ2v) is 7.36. The molecule has 0 spiro atoms. The second-order valence-electron chi connectivity index (χ2n) is 5.43. The Balaban J connectivity index is 1.92. The molecule has 2 rings (SSSR count). The fourth-order valence-electron chi connectivity index (χ4n) is 2.92. The average molecular weight is 275 g/mol. The van der Waals surface area contributed by atoms with Crippen molar-refractivity contribution in [2.45, 2.75) is 38.6 Å². The number of hydrogen-bond donors (Lipinski definition) is 1. The Morgan fingerprint density at radius 3 is 2.06 bits per heavy atom. The van der Waals surface area contributed by atoms with Crippen molar-refractivity contribution in [2.24, 2.45) is 5.92 Å². The Labute approximate surface area is 111 Å². The number of nitrogens with one attached hydrogen (secondary N) is 1. The fraction of sp³-hybridized carbons (Fsp3) is 1.00. The molecule has 1 unspecified atom stereocenters. The van der Waals surface area contributed by atoms with Crippen LogP contribution in [0, 0.1) is 5.92 Å². The van der Waals surface area contributed by atoms with E-state index in [1.807, 2.05) is 7.05 Å². The van der Waals surface area contributed by atoms with E-state index in [1.54, 1.807) is 8.61 Å². The van der Waals surface area contributed by atoms with E-state index in [0.717, 1.165) is 25.7 Å². The summed E-state index contributed by atoms with van der Waals surface area (Å²) < 4.78 is 28.1. The molecule has 6 heteroatoms. The highest BCUT2D eigenvalue weighted by molar-refractivity contribution is 7.86. The van der Waals surface area contributed by atoms with E-state index in [2.05, 4.69) is 12.2 Å². The molecule has 1 N–H and O–H groups in total. The summed E-state index contributed by atoms with van der Waals surface area (Å²) in [7, 11) is -1.20. The van der Waals surface area contributed by atoms with Crippen LogP contribution in [0.1, 0.15) is 32.6 Å². The summed E-state index contributed by atoms with van der Waals surface area (Å²) in [6.07, 6.45) is 3.95. The highest BCUT2D eigenvalue weighted by Gasteiger charge is 2.34. The SMILES string of the molecule is CNC(C)C1CCN(S(=O)(=O)N2CCCC2)CC1. The molecule has 0 saturated carbocycles. The van der Waals surface area contributed by atoms with E-state index >= 15 is 0 Å². The lowest BCUT2D eigenvalue weighted by molar-refractivity contribution is 0.227. The summed E-state index contributed by atoms with van der Waals surface area (Å²) >= 11 is 0. The van der Waals surface area contributed by atoms with E-state index in [0.29, 0.717) is 38.1 Å². The lowest BCUT2D eigenvalue weighted by Crippen LogP contribution is -2.48. The van der Waals surface area contributed by atoms with E-state index in [9.17, 15) is 8.42 Å². The van der Waals surface area contributed by atoms with Gasteiger partial charge in [-0.25, -0.2) is 0 Å². The Kier molecular flexibility index (Phi) is 4.64. The minimum absolute atomic E-state index is 0.474. The van der Waals surface area contributed by atoms with Gasteiger partial charge in [0.2, 0.25) is 0 Å². The predicted octanol–water partition coefficient (Wildman–Crippen LogP) is 0.647. The third-order valence-electron chi connectivity index (χ3n) is 4.38. The topological polar surface area (TPSA) is 52.7 Å². The van der Waals surface area contributed by atoms with Gasteiger partial charge in [-0.2, -0.15) is 17.0 Å². The van der Waals surface area contributed by atoms with Crippen LogP contribution in [0.4, 0.5) is 0 Å². The standard InChI is InChI=1S/C12H25N3O2S/c1-11(13-2)12-5-9-15(10-6-12)18(16,17)14-7-3-4-8-14/h11-13H,3-10H2,1-2H3. The molecule has 106 valence electrons. The molecule has 0 radical (unpaired) electrons. The molecule has 2 fully saturated rings. The third kappa shape index (κ3) is 2.87. The van der Waals surface area contributed by atoms with Crippen molar-refractivity contribution in [3.05, 3.63) is 0 Å². The van der Waals surface area contributed by atoms with Crippen molar-refractivity contribution < 1.29 is 8.42 Å². The summed E-state index contributed by atoms with van der Waals surface area (Å²) in [4.78, 5) is 0. The molecule has 0 aromatic carbocycles. The van der Waals surface area contributed by atoms with Crippen LogP contribution < -0.4 is 5.32 Å². The largest absolute Gasteiger partial charge is 0.317 e. The first-order valence-electron chi connectivity index (χ1n) is 6.98. The van der Waals surface area contributed by atoms with Crippen LogP contribution in [-0.4, -0.2) is 56.3 Å². The third-order valence-corrected chi connectivity index (χ3v) is 6.41. The molecule has 0 aliphatic carbocycles. The van der Waals surface area contributed by atoms with Crippen molar-refractivity contribution >= 4 is 10.2 Å². The van der Waals surface area contributed by atoms with Crippen LogP contribution in [0.3, 0.4) is 0 Å². The maximum absolute atomic E-state index is 12.4. The van der Waals surface area contributed by atoms with E-state index in [4.69, 9.17) is 0 Å². The molecule has 2 aliphatic rings. The number of rotatable bonds is 4. The van der Waals surface area contributed by atoms with Crippen molar-refractivity contribution in [3.63, 3.8) is 0 Å². The highest BCUT2D eigenvalue weighted by Crippen LogP contribution is 2.25. The molecule has 1 atom stereocenters. The van der Waals surface area contributed by atoms with Crippen LogP contribution in [0.2, 0.25) is 0 Å². The van der Waals surface area contributed by atoms with Crippen LogP contribution in [-0.2, 0) is 10.2 Å². The van der Waals surface area contributed by atoms with Gasteiger partial charge in [-0.1, -0.05) is 0 Å². The number of nitrogens with zero attached hydrogens (tertiary/aromatic N) is 2. The quantitative estimate of drug-likeness (QED) is 0.819. The van der Waals surface area contributed by atoms with Gasteiger partial charge < -0.3 is 5.32 Å². The molecule has 2 saturated heterocycles. The lowest BCUT2D eigenvalue weighted by Gasteiger charge is -2.35. The van der Waals surface area contributed by atoms with Crippen molar-refractivity contribution in [1.29, 1.82) is 0 Å². The zero-order chi connectivity index (χ0) is 13.2. The van der Waals surface area contributed by atoms with Crippen LogP contribution in [0.25, 0.3) is 0 Å². The van der Waals surface area contributed by atoms with Gasteiger partial charge in [0.1, 0.15) is 0 Å². The number of hydrogen-bond acceptors (Lipinski definition) is 3. The molecular formula is C12H25N3O2S. The Morgan fingerprint density at radius 1 is 1.06 bits per heavy atom. The van der Waals surface area contributed by atoms with E-state index in [1.165, 1.54) is 0 Å². The summed E-state index contributed by atoms with van der Waals surface area (Å²) in [6, 6.07) is 0.474. The average Bonchev–Trinajstić information content (AvgIpc) is 2.92. The van der Waals surface area contributed by atoms with E-state index in [-0.39, 0.29) is 0 Å². The Morgan fingerprint density at radius 2 is 1.56 bits per heavy atom. The van der Waals surface area contributed by atoms with Gasteiger partial charge in [0.05, 0.1) is 0 Å². The maximum atomic E-state index is 12.4. The van der Waals surface area contributed by atoms with Crippen molar-refractivity contribution in [3.8, 4) is 0 Å². The van der Waals surface area contributed by atoms with Gasteiger partial charge in [0.15, 0.2) is 0 Å². The molecule has 2 heterocycles.